The molecule has 0 aromatic carbocycles. The zero-order valence-corrected chi connectivity index (χ0v) is 15.0. The number of rotatable bonds is 2. The van der Waals surface area contributed by atoms with E-state index in [1.165, 1.54) is 12.3 Å². The van der Waals surface area contributed by atoms with E-state index < -0.39 is 44.7 Å². The van der Waals surface area contributed by atoms with Crippen LogP contribution in [0.15, 0.2) is 17.1 Å². The van der Waals surface area contributed by atoms with E-state index in [0.29, 0.717) is 0 Å². The molecule has 0 saturated carbocycles. The average molecular weight is 343 g/mol. The SMILES string of the molecule is Nc1ccn([C@@H]2O[C@H](C[O-])[C@H]3OP(=O)(O)O[C@H]32)c(=O)n1.[K+]. The Labute approximate surface area is 161 Å². The number of fused-ring (bicyclic) bond motifs is 1. The molecule has 3 heterocycles. The van der Waals surface area contributed by atoms with Gasteiger partial charge >= 0.3 is 64.9 Å². The van der Waals surface area contributed by atoms with Gasteiger partial charge in [-0.25, -0.2) is 9.36 Å². The number of aromatic nitrogens is 2. The molecule has 0 amide bonds. The van der Waals surface area contributed by atoms with Crippen molar-refractivity contribution >= 4 is 13.6 Å². The Morgan fingerprint density at radius 2 is 2.14 bits per heavy atom. The van der Waals surface area contributed by atoms with Crippen LogP contribution in [0.2, 0.25) is 0 Å². The fourth-order valence-electron chi connectivity index (χ4n) is 2.26. The van der Waals surface area contributed by atoms with Gasteiger partial charge in [-0.15, -0.1) is 6.61 Å². The molecule has 1 unspecified atom stereocenters. The van der Waals surface area contributed by atoms with Crippen molar-refractivity contribution < 1.29 is 79.7 Å². The van der Waals surface area contributed by atoms with Crippen LogP contribution in [-0.4, -0.2) is 39.4 Å². The summed E-state index contributed by atoms with van der Waals surface area (Å²) in [6.45, 7) is -0.696. The summed E-state index contributed by atoms with van der Waals surface area (Å²) in [5, 5.41) is 11.0. The van der Waals surface area contributed by atoms with E-state index in [2.05, 4.69) is 4.98 Å². The molecule has 12 heteroatoms. The van der Waals surface area contributed by atoms with Gasteiger partial charge in [0, 0.05) is 6.20 Å². The number of ether oxygens (including phenoxy) is 1. The van der Waals surface area contributed by atoms with Gasteiger partial charge in [0.1, 0.15) is 18.0 Å². The minimum Gasteiger partial charge on any atom is -0.853 e. The van der Waals surface area contributed by atoms with Crippen LogP contribution in [-0.2, 0) is 18.3 Å². The second kappa shape index (κ2) is 6.46. The van der Waals surface area contributed by atoms with E-state index in [0.717, 1.165) is 4.57 Å². The smallest absolute Gasteiger partial charge is 0.853 e. The van der Waals surface area contributed by atoms with E-state index in [1.807, 2.05) is 0 Å². The first-order chi connectivity index (χ1) is 9.41. The molecule has 0 radical (unpaired) electrons. The first-order valence-corrected chi connectivity index (χ1v) is 7.18. The van der Waals surface area contributed by atoms with Gasteiger partial charge < -0.3 is 20.5 Å². The fraction of sp³-hybridized carbons (Fsp3) is 0.556. The maximum Gasteiger partial charge on any atom is 1.00 e. The number of nitrogen functional groups attached to an aromatic ring is 1. The van der Waals surface area contributed by atoms with Crippen LogP contribution in [0, 0.1) is 0 Å². The summed E-state index contributed by atoms with van der Waals surface area (Å²) < 4.78 is 27.5. The van der Waals surface area contributed by atoms with Crippen molar-refractivity contribution in [3.8, 4) is 0 Å². The predicted octanol–water partition coefficient (Wildman–Crippen LogP) is -5.03. The molecule has 3 N–H and O–H groups in total. The molecule has 2 aliphatic rings. The van der Waals surface area contributed by atoms with E-state index in [4.69, 9.17) is 19.5 Å². The molecule has 1 aromatic rings. The van der Waals surface area contributed by atoms with Crippen LogP contribution in [0.5, 0.6) is 0 Å². The standard InChI is InChI=1S/C9H11N3O7P.K/c10-5-1-2-12(9(14)11-5)8-7-6(4(3-13)17-8)18-20(15,16)19-7;/h1-2,4,6-8H,3H2,(H,15,16)(H2,10,11,14);/q-1;+1/t4-,6-,7-,8-;/m1./s1. The Bertz CT molecular complexity index is 640. The van der Waals surface area contributed by atoms with Crippen molar-refractivity contribution in [3.05, 3.63) is 22.7 Å². The van der Waals surface area contributed by atoms with Crippen molar-refractivity contribution in [1.29, 1.82) is 0 Å². The van der Waals surface area contributed by atoms with Crippen molar-refractivity contribution in [3.63, 3.8) is 0 Å². The van der Waals surface area contributed by atoms with Crippen molar-refractivity contribution in [2.24, 2.45) is 0 Å². The van der Waals surface area contributed by atoms with Crippen LogP contribution >= 0.6 is 7.82 Å². The predicted molar refractivity (Wildman–Crippen MR) is 61.3 cm³/mol. The zero-order chi connectivity index (χ0) is 14.5. The fourth-order valence-corrected chi connectivity index (χ4v) is 3.40. The molecule has 5 atom stereocenters. The summed E-state index contributed by atoms with van der Waals surface area (Å²) >= 11 is 0. The number of nitrogens with zero attached hydrogens (tertiary/aromatic N) is 2. The molecule has 0 spiro atoms. The molecule has 1 aromatic heterocycles. The third kappa shape index (κ3) is 3.33. The minimum absolute atomic E-state index is 0. The largest absolute Gasteiger partial charge is 1.00 e. The summed E-state index contributed by atoms with van der Waals surface area (Å²) in [5.41, 5.74) is 4.65. The normalized spacial score (nSPS) is 38.0. The number of hydrogen-bond donors (Lipinski definition) is 2. The van der Waals surface area contributed by atoms with Crippen LogP contribution in [0.3, 0.4) is 0 Å². The second-order valence-electron chi connectivity index (χ2n) is 4.38. The Balaban J connectivity index is 0.00000161. The minimum atomic E-state index is -4.23. The summed E-state index contributed by atoms with van der Waals surface area (Å²) in [4.78, 5) is 24.6. The van der Waals surface area contributed by atoms with Crippen molar-refractivity contribution in [2.45, 2.75) is 24.5 Å². The van der Waals surface area contributed by atoms with Gasteiger partial charge in [0.15, 0.2) is 6.23 Å². The molecule has 21 heavy (non-hydrogen) atoms. The monoisotopic (exact) mass is 343 g/mol. The molecule has 2 saturated heterocycles. The van der Waals surface area contributed by atoms with Gasteiger partial charge in [-0.3, -0.25) is 13.6 Å². The molecule has 2 aliphatic heterocycles. The quantitative estimate of drug-likeness (QED) is 0.397. The van der Waals surface area contributed by atoms with Gasteiger partial charge in [0.25, 0.3) is 0 Å². The summed E-state index contributed by atoms with van der Waals surface area (Å²) in [7, 11) is -4.23. The summed E-state index contributed by atoms with van der Waals surface area (Å²) in [5.74, 6) is 0.0255. The number of phosphoric ester groups is 1. The zero-order valence-electron chi connectivity index (χ0n) is 11.0. The number of hydrogen-bond acceptors (Lipinski definition) is 8. The molecule has 3 rings (SSSR count). The van der Waals surface area contributed by atoms with E-state index in [-0.39, 0.29) is 57.2 Å². The van der Waals surface area contributed by atoms with Gasteiger partial charge in [0.05, 0.1) is 6.10 Å². The third-order valence-corrected chi connectivity index (χ3v) is 4.10. The van der Waals surface area contributed by atoms with Crippen LogP contribution < -0.4 is 67.9 Å². The van der Waals surface area contributed by atoms with Crippen LogP contribution in [0.1, 0.15) is 6.23 Å². The molecule has 10 nitrogen and oxygen atoms in total. The molecular formula is C9H11KN3O7P. The molecule has 2 fully saturated rings. The Hall–Kier alpha value is 0.346. The first-order valence-electron chi connectivity index (χ1n) is 5.69. The average Bonchev–Trinajstić information content (AvgIpc) is 2.83. The van der Waals surface area contributed by atoms with Crippen LogP contribution in [0.25, 0.3) is 0 Å². The van der Waals surface area contributed by atoms with E-state index in [9.17, 15) is 19.4 Å². The molecular weight excluding hydrogens is 332 g/mol. The maximum absolute atomic E-state index is 11.8. The van der Waals surface area contributed by atoms with Gasteiger partial charge in [-0.05, 0) is 6.07 Å². The first kappa shape index (κ1) is 17.7. The van der Waals surface area contributed by atoms with Crippen molar-refractivity contribution in [2.75, 3.05) is 12.3 Å². The van der Waals surface area contributed by atoms with Gasteiger partial charge in [-0.1, -0.05) is 0 Å². The number of anilines is 1. The Morgan fingerprint density at radius 1 is 1.48 bits per heavy atom. The van der Waals surface area contributed by atoms with E-state index in [1.54, 1.807) is 0 Å². The van der Waals surface area contributed by atoms with E-state index >= 15 is 0 Å². The third-order valence-electron chi connectivity index (χ3n) is 3.09. The van der Waals surface area contributed by atoms with Crippen molar-refractivity contribution in [1.82, 2.24) is 9.55 Å². The second-order valence-corrected chi connectivity index (χ2v) is 5.74. The molecule has 110 valence electrons. The maximum atomic E-state index is 11.8. The van der Waals surface area contributed by atoms with Gasteiger partial charge in [0.2, 0.25) is 0 Å². The summed E-state index contributed by atoms with van der Waals surface area (Å²) in [6.07, 6.45) is -2.78. The number of phosphoric acid groups is 1. The summed E-state index contributed by atoms with van der Waals surface area (Å²) in [6, 6.07) is 1.36. The van der Waals surface area contributed by atoms with Gasteiger partial charge in [-0.2, -0.15) is 4.98 Å². The number of nitrogens with two attached hydrogens (primary N) is 1. The molecule has 0 bridgehead atoms. The Kier molecular flexibility index (Phi) is 5.44. The molecule has 0 aliphatic carbocycles. The van der Waals surface area contributed by atoms with Crippen LogP contribution in [0.4, 0.5) is 5.82 Å². The topological polar surface area (TPSA) is 149 Å². The Morgan fingerprint density at radius 3 is 2.76 bits per heavy atom.